The first-order valence-corrected chi connectivity index (χ1v) is 8.01. The van der Waals surface area contributed by atoms with E-state index in [4.69, 9.17) is 5.73 Å². The minimum atomic E-state index is -0.285. The molecule has 1 amide bonds. The monoisotopic (exact) mass is 361 g/mol. The first-order chi connectivity index (χ1) is 11.6. The summed E-state index contributed by atoms with van der Waals surface area (Å²) in [5, 5.41) is 0. The van der Waals surface area contributed by atoms with Crippen molar-refractivity contribution in [3.63, 3.8) is 0 Å². The van der Waals surface area contributed by atoms with Crippen LogP contribution in [-0.2, 0) is 17.9 Å². The van der Waals surface area contributed by atoms with Crippen LogP contribution in [0.4, 0.5) is 4.39 Å². The van der Waals surface area contributed by atoms with Crippen LogP contribution in [-0.4, -0.2) is 22.7 Å². The van der Waals surface area contributed by atoms with Crippen molar-refractivity contribution >= 4 is 24.1 Å². The van der Waals surface area contributed by atoms with E-state index >= 15 is 0 Å². The van der Waals surface area contributed by atoms with Gasteiger partial charge in [-0.3, -0.25) is 9.79 Å². The Morgan fingerprint density at radius 2 is 1.80 bits per heavy atom. The highest BCUT2D eigenvalue weighted by Gasteiger charge is 2.33. The summed E-state index contributed by atoms with van der Waals surface area (Å²) in [5.74, 6) is 0.251. The van der Waals surface area contributed by atoms with Crippen LogP contribution < -0.4 is 5.73 Å². The highest BCUT2D eigenvalue weighted by molar-refractivity contribution is 5.93. The van der Waals surface area contributed by atoms with E-state index in [-0.39, 0.29) is 30.2 Å². The summed E-state index contributed by atoms with van der Waals surface area (Å²) in [7, 11) is 0. The van der Waals surface area contributed by atoms with Crippen molar-refractivity contribution in [2.45, 2.75) is 32.0 Å². The lowest BCUT2D eigenvalue weighted by atomic mass is 10.1. The molecule has 0 unspecified atom stereocenters. The van der Waals surface area contributed by atoms with Crippen molar-refractivity contribution in [3.8, 4) is 0 Å². The topological polar surface area (TPSA) is 58.7 Å². The molecule has 2 aromatic rings. The van der Waals surface area contributed by atoms with E-state index in [9.17, 15) is 9.18 Å². The summed E-state index contributed by atoms with van der Waals surface area (Å²) in [6.45, 7) is 0.924. The Balaban J connectivity index is 0.00000225. The summed E-state index contributed by atoms with van der Waals surface area (Å²) in [6, 6.07) is 15.9. The summed E-state index contributed by atoms with van der Waals surface area (Å²) in [6.07, 6.45) is 1.14. The Hall–Kier alpha value is -2.40. The molecule has 1 aliphatic heterocycles. The predicted octanol–water partition coefficient (Wildman–Crippen LogP) is 3.30. The van der Waals surface area contributed by atoms with Gasteiger partial charge in [0.2, 0.25) is 5.91 Å². The summed E-state index contributed by atoms with van der Waals surface area (Å²) in [5.41, 5.74) is 8.11. The van der Waals surface area contributed by atoms with Crippen LogP contribution in [0.2, 0.25) is 0 Å². The molecular weight excluding hydrogens is 341 g/mol. The average Bonchev–Trinajstić information content (AvgIpc) is 2.96. The largest absolute Gasteiger partial charge is 0.386 e. The van der Waals surface area contributed by atoms with Crippen molar-refractivity contribution in [2.75, 3.05) is 0 Å². The summed E-state index contributed by atoms with van der Waals surface area (Å²) < 4.78 is 13.0. The van der Waals surface area contributed by atoms with Crippen molar-refractivity contribution in [3.05, 3.63) is 71.5 Å². The smallest absolute Gasteiger partial charge is 0.223 e. The second-order valence-electron chi connectivity index (χ2n) is 5.93. The van der Waals surface area contributed by atoms with Gasteiger partial charge >= 0.3 is 0 Å². The zero-order chi connectivity index (χ0) is 16.9. The molecule has 3 rings (SSSR count). The fraction of sp³-hybridized carbons (Fsp3) is 0.263. The van der Waals surface area contributed by atoms with E-state index in [1.807, 2.05) is 30.3 Å². The lowest BCUT2D eigenvalue weighted by Gasteiger charge is -2.24. The van der Waals surface area contributed by atoms with E-state index < -0.39 is 0 Å². The van der Waals surface area contributed by atoms with Gasteiger partial charge in [0.15, 0.2) is 0 Å². The minimum Gasteiger partial charge on any atom is -0.386 e. The molecule has 2 aromatic carbocycles. The SMILES string of the molecule is Cl.NC(=NCc1ccccc1)[C@@H]1CCC(=O)N1Cc1ccc(F)cc1. The lowest BCUT2D eigenvalue weighted by molar-refractivity contribution is -0.128. The predicted molar refractivity (Wildman–Crippen MR) is 99.0 cm³/mol. The fourth-order valence-electron chi connectivity index (χ4n) is 2.90. The maximum absolute atomic E-state index is 13.0. The van der Waals surface area contributed by atoms with Gasteiger partial charge in [0, 0.05) is 13.0 Å². The molecule has 1 aliphatic rings. The van der Waals surface area contributed by atoms with Crippen molar-refractivity contribution in [2.24, 2.45) is 10.7 Å². The van der Waals surface area contributed by atoms with E-state index in [0.29, 0.717) is 31.8 Å². The molecule has 0 bridgehead atoms. The Morgan fingerprint density at radius 1 is 1.12 bits per heavy atom. The highest BCUT2D eigenvalue weighted by atomic mass is 35.5. The van der Waals surface area contributed by atoms with Gasteiger partial charge < -0.3 is 10.6 Å². The van der Waals surface area contributed by atoms with Gasteiger partial charge in [0.05, 0.1) is 12.6 Å². The first-order valence-electron chi connectivity index (χ1n) is 8.01. The molecule has 4 nitrogen and oxygen atoms in total. The van der Waals surface area contributed by atoms with Gasteiger partial charge in [-0.2, -0.15) is 0 Å². The molecule has 2 N–H and O–H groups in total. The molecule has 0 radical (unpaired) electrons. The van der Waals surface area contributed by atoms with Crippen LogP contribution in [0, 0.1) is 5.82 Å². The van der Waals surface area contributed by atoms with Crippen LogP contribution in [0.3, 0.4) is 0 Å². The van der Waals surface area contributed by atoms with E-state index in [1.54, 1.807) is 17.0 Å². The molecule has 25 heavy (non-hydrogen) atoms. The fourth-order valence-corrected chi connectivity index (χ4v) is 2.90. The molecule has 0 aliphatic carbocycles. The number of carbonyl (C=O) groups excluding carboxylic acids is 1. The van der Waals surface area contributed by atoms with Crippen LogP contribution in [0.1, 0.15) is 24.0 Å². The summed E-state index contributed by atoms with van der Waals surface area (Å²) >= 11 is 0. The Kier molecular flexibility index (Phi) is 6.53. The number of likely N-dealkylation sites (tertiary alicyclic amines) is 1. The van der Waals surface area contributed by atoms with Gasteiger partial charge in [0.25, 0.3) is 0 Å². The normalized spacial score (nSPS) is 17.5. The Morgan fingerprint density at radius 3 is 2.48 bits per heavy atom. The molecule has 1 atom stereocenters. The zero-order valence-corrected chi connectivity index (χ0v) is 14.6. The molecule has 0 spiro atoms. The van der Waals surface area contributed by atoms with Gasteiger partial charge in [0.1, 0.15) is 11.7 Å². The van der Waals surface area contributed by atoms with Crippen LogP contribution in [0.25, 0.3) is 0 Å². The van der Waals surface area contributed by atoms with Gasteiger partial charge in [-0.05, 0) is 29.7 Å². The third kappa shape index (κ3) is 4.79. The quantitative estimate of drug-likeness (QED) is 0.656. The molecule has 0 saturated carbocycles. The van der Waals surface area contributed by atoms with E-state index in [0.717, 1.165) is 11.1 Å². The van der Waals surface area contributed by atoms with Gasteiger partial charge in [-0.15, -0.1) is 12.4 Å². The molecule has 1 fully saturated rings. The second kappa shape index (κ2) is 8.62. The maximum Gasteiger partial charge on any atom is 0.223 e. The van der Waals surface area contributed by atoms with Crippen molar-refractivity contribution in [1.29, 1.82) is 0 Å². The minimum absolute atomic E-state index is 0. The molecule has 0 aromatic heterocycles. The standard InChI is InChI=1S/C19H20FN3O.ClH/c20-16-8-6-15(7-9-16)13-23-17(10-11-18(23)24)19(21)22-12-14-4-2-1-3-5-14;/h1-9,17H,10-13H2,(H2,21,22);1H/t17-;/m0./s1. The van der Waals surface area contributed by atoms with Crippen LogP contribution in [0.15, 0.2) is 59.6 Å². The zero-order valence-electron chi connectivity index (χ0n) is 13.8. The number of benzene rings is 2. The van der Waals surface area contributed by atoms with E-state index in [1.165, 1.54) is 12.1 Å². The Labute approximate surface area is 153 Å². The number of nitrogens with zero attached hydrogens (tertiary/aromatic N) is 2. The van der Waals surface area contributed by atoms with Gasteiger partial charge in [-0.1, -0.05) is 42.5 Å². The highest BCUT2D eigenvalue weighted by Crippen LogP contribution is 2.22. The maximum atomic E-state index is 13.0. The third-order valence-corrected chi connectivity index (χ3v) is 4.22. The number of amidine groups is 1. The molecular formula is C19H21ClFN3O. The molecule has 1 heterocycles. The molecule has 132 valence electrons. The number of aliphatic imine (C=N–C) groups is 1. The first kappa shape index (κ1) is 18.9. The second-order valence-corrected chi connectivity index (χ2v) is 5.93. The average molecular weight is 362 g/mol. The van der Waals surface area contributed by atoms with Crippen molar-refractivity contribution in [1.82, 2.24) is 4.90 Å². The molecule has 6 heteroatoms. The Bertz CT molecular complexity index is 734. The molecule has 1 saturated heterocycles. The summed E-state index contributed by atoms with van der Waals surface area (Å²) in [4.78, 5) is 18.4. The van der Waals surface area contributed by atoms with Crippen LogP contribution >= 0.6 is 12.4 Å². The third-order valence-electron chi connectivity index (χ3n) is 4.22. The number of nitrogens with two attached hydrogens (primary N) is 1. The van der Waals surface area contributed by atoms with Crippen molar-refractivity contribution < 1.29 is 9.18 Å². The number of carbonyl (C=O) groups is 1. The number of rotatable bonds is 5. The number of amides is 1. The van der Waals surface area contributed by atoms with E-state index in [2.05, 4.69) is 4.99 Å². The van der Waals surface area contributed by atoms with Crippen LogP contribution in [0.5, 0.6) is 0 Å². The number of hydrogen-bond acceptors (Lipinski definition) is 2. The van der Waals surface area contributed by atoms with Gasteiger partial charge in [-0.25, -0.2) is 4.39 Å². The lowest BCUT2D eigenvalue weighted by Crippen LogP contribution is -2.42. The number of halogens is 2. The number of hydrogen-bond donors (Lipinski definition) is 1.